The Balaban J connectivity index is 0.00000289. The molecule has 0 aromatic carbocycles. The van der Waals surface area contributed by atoms with Gasteiger partial charge in [0.25, 0.3) is 0 Å². The summed E-state index contributed by atoms with van der Waals surface area (Å²) in [6, 6.07) is 0. The minimum absolute atomic E-state index is 0. The molecule has 0 fully saturated rings. The predicted octanol–water partition coefficient (Wildman–Crippen LogP) is -1.50. The van der Waals surface area contributed by atoms with Crippen molar-refractivity contribution in [3.05, 3.63) is 22.3 Å². The zero-order chi connectivity index (χ0) is 13.6. The van der Waals surface area contributed by atoms with Crippen molar-refractivity contribution in [2.24, 2.45) is 11.3 Å². The van der Waals surface area contributed by atoms with Crippen LogP contribution in [0.15, 0.2) is 22.3 Å². The third kappa shape index (κ3) is 3.24. The summed E-state index contributed by atoms with van der Waals surface area (Å²) in [4.78, 5) is 10.9. The van der Waals surface area contributed by atoms with Gasteiger partial charge >= 0.3 is 29.6 Å². The van der Waals surface area contributed by atoms with Crippen molar-refractivity contribution in [1.82, 2.24) is 0 Å². The summed E-state index contributed by atoms with van der Waals surface area (Å²) in [6.45, 7) is 6.13. The SMILES string of the molecule is CC(=O)C1C(C)=C(O)C(S(=O)(=O)[O-])=CC1(C)C.[Na+]. The molecule has 0 amide bonds. The molecule has 0 heterocycles. The number of aliphatic hydroxyl groups excluding tert-OH is 1. The summed E-state index contributed by atoms with van der Waals surface area (Å²) in [5.74, 6) is -1.40. The van der Waals surface area contributed by atoms with Crippen molar-refractivity contribution in [2.75, 3.05) is 0 Å². The molecule has 0 bridgehead atoms. The Morgan fingerprint density at radius 2 is 1.89 bits per heavy atom. The van der Waals surface area contributed by atoms with Gasteiger partial charge in [-0.05, 0) is 24.8 Å². The van der Waals surface area contributed by atoms with Crippen LogP contribution in [0.25, 0.3) is 0 Å². The van der Waals surface area contributed by atoms with Crippen molar-refractivity contribution in [3.8, 4) is 0 Å². The Bertz CT molecular complexity index is 528. The van der Waals surface area contributed by atoms with Crippen molar-refractivity contribution in [2.45, 2.75) is 27.7 Å². The van der Waals surface area contributed by atoms with E-state index in [-0.39, 0.29) is 40.9 Å². The molecule has 7 heteroatoms. The molecule has 0 saturated carbocycles. The Hall–Kier alpha value is -0.140. The molecule has 0 radical (unpaired) electrons. The fourth-order valence-corrected chi connectivity index (χ4v) is 3.24. The molecule has 1 aliphatic carbocycles. The number of hydrogen-bond acceptors (Lipinski definition) is 5. The molecule has 0 saturated heterocycles. The van der Waals surface area contributed by atoms with E-state index in [1.165, 1.54) is 13.8 Å². The second-order valence-corrected chi connectivity index (χ2v) is 6.21. The molecule has 1 atom stereocenters. The van der Waals surface area contributed by atoms with Crippen molar-refractivity contribution < 1.29 is 52.4 Å². The number of hydrogen-bond donors (Lipinski definition) is 1. The normalized spacial score (nSPS) is 23.2. The maximum absolute atomic E-state index is 11.5. The minimum Gasteiger partial charge on any atom is -0.744 e. The zero-order valence-corrected chi connectivity index (χ0v) is 14.0. The zero-order valence-electron chi connectivity index (χ0n) is 11.1. The van der Waals surface area contributed by atoms with E-state index in [1.807, 2.05) is 0 Å². The summed E-state index contributed by atoms with van der Waals surface area (Å²) in [6.07, 6.45) is 1.16. The average molecular weight is 282 g/mol. The largest absolute Gasteiger partial charge is 1.00 e. The summed E-state index contributed by atoms with van der Waals surface area (Å²) in [5.41, 5.74) is -0.589. The predicted molar refractivity (Wildman–Crippen MR) is 61.1 cm³/mol. The van der Waals surface area contributed by atoms with Crippen LogP contribution in [-0.2, 0) is 14.9 Å². The molecule has 1 N–H and O–H groups in total. The van der Waals surface area contributed by atoms with E-state index in [2.05, 4.69) is 0 Å². The third-order valence-corrected chi connectivity index (χ3v) is 3.81. The summed E-state index contributed by atoms with van der Waals surface area (Å²) in [5, 5.41) is 9.70. The van der Waals surface area contributed by atoms with Gasteiger partial charge in [0, 0.05) is 0 Å². The van der Waals surface area contributed by atoms with Crippen LogP contribution in [0.1, 0.15) is 27.7 Å². The molecule has 0 spiro atoms. The van der Waals surface area contributed by atoms with Crippen molar-refractivity contribution in [1.29, 1.82) is 0 Å². The number of allylic oxidation sites excluding steroid dienone is 2. The Labute approximate surface area is 129 Å². The third-order valence-electron chi connectivity index (χ3n) is 2.96. The van der Waals surface area contributed by atoms with Crippen molar-refractivity contribution in [3.63, 3.8) is 0 Å². The van der Waals surface area contributed by atoms with Gasteiger partial charge < -0.3 is 9.66 Å². The topological polar surface area (TPSA) is 94.5 Å². The second-order valence-electron chi connectivity index (χ2n) is 4.86. The molecule has 18 heavy (non-hydrogen) atoms. The second kappa shape index (κ2) is 5.46. The van der Waals surface area contributed by atoms with Crippen LogP contribution >= 0.6 is 0 Å². The van der Waals surface area contributed by atoms with Crippen LogP contribution in [0.5, 0.6) is 0 Å². The average Bonchev–Trinajstić information content (AvgIpc) is 2.08. The van der Waals surface area contributed by atoms with Gasteiger partial charge in [0.2, 0.25) is 0 Å². The quantitative estimate of drug-likeness (QED) is 0.491. The van der Waals surface area contributed by atoms with Crippen LogP contribution in [0, 0.1) is 11.3 Å². The summed E-state index contributed by atoms with van der Waals surface area (Å²) < 4.78 is 33.0. The maximum atomic E-state index is 11.5. The molecule has 1 rings (SSSR count). The maximum Gasteiger partial charge on any atom is 1.00 e. The molecule has 1 unspecified atom stereocenters. The van der Waals surface area contributed by atoms with Crippen LogP contribution in [0.4, 0.5) is 0 Å². The molecule has 1 aliphatic rings. The molecule has 0 aromatic heterocycles. The Morgan fingerprint density at radius 1 is 1.44 bits per heavy atom. The van der Waals surface area contributed by atoms with Crippen LogP contribution < -0.4 is 29.6 Å². The van der Waals surface area contributed by atoms with E-state index in [0.717, 1.165) is 6.08 Å². The number of aliphatic hydroxyl groups is 1. The van der Waals surface area contributed by atoms with E-state index < -0.39 is 32.1 Å². The van der Waals surface area contributed by atoms with E-state index in [4.69, 9.17) is 0 Å². The van der Waals surface area contributed by atoms with E-state index in [0.29, 0.717) is 0 Å². The number of carbonyl (C=O) groups excluding carboxylic acids is 1. The first-order valence-corrected chi connectivity index (χ1v) is 6.48. The fourth-order valence-electron chi connectivity index (χ4n) is 2.40. The first kappa shape index (κ1) is 17.9. The first-order chi connectivity index (χ1) is 7.48. The van der Waals surface area contributed by atoms with Gasteiger partial charge in [0.05, 0.1) is 10.8 Å². The monoisotopic (exact) mass is 282 g/mol. The summed E-state index contributed by atoms with van der Waals surface area (Å²) in [7, 11) is -4.74. The summed E-state index contributed by atoms with van der Waals surface area (Å²) >= 11 is 0. The van der Waals surface area contributed by atoms with E-state index in [1.54, 1.807) is 13.8 Å². The van der Waals surface area contributed by atoms with E-state index in [9.17, 15) is 22.9 Å². The van der Waals surface area contributed by atoms with Crippen LogP contribution in [0.2, 0.25) is 0 Å². The van der Waals surface area contributed by atoms with Gasteiger partial charge in [-0.15, -0.1) is 0 Å². The van der Waals surface area contributed by atoms with Gasteiger partial charge in [0.1, 0.15) is 21.7 Å². The van der Waals surface area contributed by atoms with Gasteiger partial charge in [-0.3, -0.25) is 4.79 Å². The van der Waals surface area contributed by atoms with Crippen LogP contribution in [0.3, 0.4) is 0 Å². The molecular weight excluding hydrogens is 267 g/mol. The molecule has 96 valence electrons. The molecular formula is C11H15NaO5S. The van der Waals surface area contributed by atoms with Gasteiger partial charge in [0.15, 0.2) is 0 Å². The Kier molecular flexibility index (Phi) is 5.42. The molecule has 0 aliphatic heterocycles. The number of carbonyl (C=O) groups is 1. The smallest absolute Gasteiger partial charge is 0.744 e. The van der Waals surface area contributed by atoms with E-state index >= 15 is 0 Å². The van der Waals surface area contributed by atoms with Crippen molar-refractivity contribution >= 4 is 15.9 Å². The fraction of sp³-hybridized carbons (Fsp3) is 0.545. The number of Topliss-reactive ketones (excluding diaryl/α,β-unsaturated/α-hetero) is 1. The standard InChI is InChI=1S/C11H16O5S.Na/c1-6-9(7(2)12)11(3,4)5-8(10(6)13)17(14,15)16;/h5,9,13H,1-4H3,(H,14,15,16);/q;+1/p-1. The first-order valence-electron chi connectivity index (χ1n) is 5.08. The minimum atomic E-state index is -4.74. The molecule has 0 aromatic rings. The Morgan fingerprint density at radius 3 is 2.22 bits per heavy atom. The number of ketones is 1. The van der Waals surface area contributed by atoms with Gasteiger partial charge in [-0.25, -0.2) is 8.42 Å². The van der Waals surface area contributed by atoms with Gasteiger partial charge in [-0.2, -0.15) is 0 Å². The van der Waals surface area contributed by atoms with Gasteiger partial charge in [-0.1, -0.05) is 19.9 Å². The number of rotatable bonds is 2. The molecule has 5 nitrogen and oxygen atoms in total. The van der Waals surface area contributed by atoms with Crippen LogP contribution in [-0.4, -0.2) is 23.9 Å².